The number of amides is 1. The van der Waals surface area contributed by atoms with Gasteiger partial charge in [-0.25, -0.2) is 0 Å². The topological polar surface area (TPSA) is 34.4 Å². The highest BCUT2D eigenvalue weighted by molar-refractivity contribution is 9.10. The lowest BCUT2D eigenvalue weighted by atomic mass is 10.1. The number of pyridine rings is 1. The van der Waals surface area contributed by atoms with Crippen LogP contribution in [0.15, 0.2) is 82.4 Å². The van der Waals surface area contributed by atoms with Crippen molar-refractivity contribution in [2.45, 2.75) is 13.5 Å². The molecule has 1 heterocycles. The lowest BCUT2D eigenvalue weighted by Crippen LogP contribution is -2.22. The number of carbonyl (C=O) groups excluding carboxylic acids is 1. The molecule has 3 nitrogen and oxygen atoms in total. The van der Waals surface area contributed by atoms with E-state index in [-0.39, 0.29) is 5.91 Å². The highest BCUT2D eigenvalue weighted by Gasteiger charge is 2.05. The molecule has 0 N–H and O–H groups in total. The van der Waals surface area contributed by atoms with E-state index in [0.717, 1.165) is 4.47 Å². The summed E-state index contributed by atoms with van der Waals surface area (Å²) >= 11 is 3.38. The first-order valence-corrected chi connectivity index (χ1v) is 8.47. The molecule has 1 aromatic heterocycles. The number of hydrogen-bond donors (Lipinski definition) is 0. The van der Waals surface area contributed by atoms with Gasteiger partial charge in [-0.1, -0.05) is 57.9 Å². The molecule has 0 saturated heterocycles. The van der Waals surface area contributed by atoms with Gasteiger partial charge in [0.25, 0.3) is 5.91 Å². The van der Waals surface area contributed by atoms with Crippen LogP contribution >= 0.6 is 15.9 Å². The van der Waals surface area contributed by atoms with Crippen molar-refractivity contribution < 1.29 is 4.79 Å². The monoisotopic (exact) mass is 380 g/mol. The zero-order valence-corrected chi connectivity index (χ0v) is 14.9. The third kappa shape index (κ3) is 4.09. The molecule has 4 heteroatoms. The predicted octanol–water partition coefficient (Wildman–Crippen LogP) is 4.35. The van der Waals surface area contributed by atoms with E-state index in [1.807, 2.05) is 41.1 Å². The fraction of sp³-hybridized carbons (Fsp3) is 0.100. The number of carbonyl (C=O) groups is 1. The Bertz CT molecular complexity index is 927. The molecule has 0 bridgehead atoms. The third-order valence-electron chi connectivity index (χ3n) is 3.68. The standard InChI is InChI=1S/C20H17BrN2O/c1-15-8-10-16(11-9-15)14-23-12-3-2-7-19(23)22-20(24)17-5-4-6-18(21)13-17/h2-13H,14H2,1H3. The molecule has 2 aromatic carbocycles. The van der Waals surface area contributed by atoms with E-state index in [0.29, 0.717) is 17.6 Å². The minimum absolute atomic E-state index is 0.250. The summed E-state index contributed by atoms with van der Waals surface area (Å²) < 4.78 is 2.84. The Morgan fingerprint density at radius 2 is 1.83 bits per heavy atom. The molecule has 0 radical (unpaired) electrons. The lowest BCUT2D eigenvalue weighted by molar-refractivity contribution is 0.0997. The van der Waals surface area contributed by atoms with E-state index in [4.69, 9.17) is 0 Å². The first kappa shape index (κ1) is 16.4. The molecular formula is C20H17BrN2O. The van der Waals surface area contributed by atoms with Crippen LogP contribution in [0.2, 0.25) is 0 Å². The van der Waals surface area contributed by atoms with E-state index in [9.17, 15) is 4.79 Å². The zero-order chi connectivity index (χ0) is 16.9. The van der Waals surface area contributed by atoms with Gasteiger partial charge in [0.05, 0.1) is 0 Å². The van der Waals surface area contributed by atoms with Crippen molar-refractivity contribution in [3.05, 3.63) is 99.6 Å². The maximum atomic E-state index is 12.4. The lowest BCUT2D eigenvalue weighted by Gasteiger charge is -2.08. The van der Waals surface area contributed by atoms with E-state index in [2.05, 4.69) is 52.1 Å². The van der Waals surface area contributed by atoms with Gasteiger partial charge in [0.1, 0.15) is 5.49 Å². The van der Waals surface area contributed by atoms with Gasteiger partial charge in [-0.3, -0.25) is 4.79 Å². The van der Waals surface area contributed by atoms with Crippen LogP contribution in [0.5, 0.6) is 0 Å². The average Bonchev–Trinajstić information content (AvgIpc) is 2.58. The molecule has 24 heavy (non-hydrogen) atoms. The van der Waals surface area contributed by atoms with Crippen molar-refractivity contribution in [1.29, 1.82) is 0 Å². The minimum Gasteiger partial charge on any atom is -0.328 e. The number of nitrogens with zero attached hydrogens (tertiary/aromatic N) is 2. The second kappa shape index (κ2) is 7.41. The normalized spacial score (nSPS) is 11.5. The molecule has 0 saturated carbocycles. The Hall–Kier alpha value is -2.46. The zero-order valence-electron chi connectivity index (χ0n) is 13.3. The SMILES string of the molecule is Cc1ccc(Cn2ccccc2=NC(=O)c2cccc(Br)c2)cc1. The average molecular weight is 381 g/mol. The highest BCUT2D eigenvalue weighted by atomic mass is 79.9. The first-order chi connectivity index (χ1) is 11.6. The summed E-state index contributed by atoms with van der Waals surface area (Å²) in [6, 6.07) is 21.3. The van der Waals surface area contributed by atoms with Gasteiger partial charge in [0.15, 0.2) is 0 Å². The van der Waals surface area contributed by atoms with Crippen molar-refractivity contribution in [3.8, 4) is 0 Å². The Morgan fingerprint density at radius 1 is 1.04 bits per heavy atom. The van der Waals surface area contributed by atoms with Crippen molar-refractivity contribution >= 4 is 21.8 Å². The number of rotatable bonds is 3. The van der Waals surface area contributed by atoms with Crippen molar-refractivity contribution in [2.75, 3.05) is 0 Å². The number of hydrogen-bond acceptors (Lipinski definition) is 1. The summed E-state index contributed by atoms with van der Waals surface area (Å²) in [5.74, 6) is -0.250. The molecule has 3 rings (SSSR count). The molecule has 0 aliphatic carbocycles. The van der Waals surface area contributed by atoms with Crippen molar-refractivity contribution in [1.82, 2.24) is 4.57 Å². The summed E-state index contributed by atoms with van der Waals surface area (Å²) in [6.45, 7) is 2.74. The number of aryl methyl sites for hydroxylation is 1. The van der Waals surface area contributed by atoms with Crippen LogP contribution < -0.4 is 5.49 Å². The maximum Gasteiger partial charge on any atom is 0.278 e. The third-order valence-corrected chi connectivity index (χ3v) is 4.17. The highest BCUT2D eigenvalue weighted by Crippen LogP contribution is 2.12. The largest absolute Gasteiger partial charge is 0.328 e. The summed E-state index contributed by atoms with van der Waals surface area (Å²) in [5, 5.41) is 0. The van der Waals surface area contributed by atoms with Crippen LogP contribution in [0, 0.1) is 6.92 Å². The molecule has 0 fully saturated rings. The van der Waals surface area contributed by atoms with Gasteiger partial charge in [-0.2, -0.15) is 4.99 Å². The van der Waals surface area contributed by atoms with Crippen LogP contribution in [-0.2, 0) is 6.54 Å². The van der Waals surface area contributed by atoms with Crippen LogP contribution in [0.4, 0.5) is 0 Å². The molecule has 0 unspecified atom stereocenters. The smallest absolute Gasteiger partial charge is 0.278 e. The van der Waals surface area contributed by atoms with Crippen LogP contribution in [-0.4, -0.2) is 10.5 Å². The Kier molecular flexibility index (Phi) is 5.06. The van der Waals surface area contributed by atoms with E-state index < -0.39 is 0 Å². The summed E-state index contributed by atoms with van der Waals surface area (Å²) in [5.41, 5.74) is 3.60. The number of benzene rings is 2. The van der Waals surface area contributed by atoms with Crippen LogP contribution in [0.1, 0.15) is 21.5 Å². The second-order valence-electron chi connectivity index (χ2n) is 5.60. The van der Waals surface area contributed by atoms with Crippen LogP contribution in [0.25, 0.3) is 0 Å². The molecule has 120 valence electrons. The summed E-state index contributed by atoms with van der Waals surface area (Å²) in [7, 11) is 0. The molecule has 1 amide bonds. The Balaban J connectivity index is 1.93. The maximum absolute atomic E-state index is 12.4. The first-order valence-electron chi connectivity index (χ1n) is 7.67. The number of aromatic nitrogens is 1. The van der Waals surface area contributed by atoms with Gasteiger partial charge < -0.3 is 4.57 Å². The fourth-order valence-corrected chi connectivity index (χ4v) is 2.78. The summed E-state index contributed by atoms with van der Waals surface area (Å²) in [6.07, 6.45) is 1.94. The van der Waals surface area contributed by atoms with E-state index in [1.54, 1.807) is 12.1 Å². The van der Waals surface area contributed by atoms with Crippen LogP contribution in [0.3, 0.4) is 0 Å². The van der Waals surface area contributed by atoms with Crippen molar-refractivity contribution in [3.63, 3.8) is 0 Å². The minimum atomic E-state index is -0.250. The summed E-state index contributed by atoms with van der Waals surface area (Å²) in [4.78, 5) is 16.7. The molecule has 3 aromatic rings. The molecule has 0 spiro atoms. The molecule has 0 aliphatic heterocycles. The van der Waals surface area contributed by atoms with Crippen molar-refractivity contribution in [2.24, 2.45) is 4.99 Å². The number of halogens is 1. The van der Waals surface area contributed by atoms with Gasteiger partial charge in [-0.05, 0) is 42.8 Å². The molecule has 0 atom stereocenters. The van der Waals surface area contributed by atoms with E-state index in [1.165, 1.54) is 11.1 Å². The van der Waals surface area contributed by atoms with Gasteiger partial charge in [-0.15, -0.1) is 0 Å². The molecular weight excluding hydrogens is 364 g/mol. The Morgan fingerprint density at radius 3 is 2.58 bits per heavy atom. The second-order valence-corrected chi connectivity index (χ2v) is 6.52. The quantitative estimate of drug-likeness (QED) is 0.664. The van der Waals surface area contributed by atoms with E-state index >= 15 is 0 Å². The van der Waals surface area contributed by atoms with Gasteiger partial charge >= 0.3 is 0 Å². The van der Waals surface area contributed by atoms with Gasteiger partial charge in [0.2, 0.25) is 0 Å². The Labute approximate surface area is 149 Å². The molecule has 0 aliphatic rings. The fourth-order valence-electron chi connectivity index (χ4n) is 2.38. The van der Waals surface area contributed by atoms with Gasteiger partial charge in [0, 0.05) is 22.8 Å². The predicted molar refractivity (Wildman–Crippen MR) is 98.7 cm³/mol.